The molecule has 0 aromatic carbocycles. The Balaban J connectivity index is 1.77. The second kappa shape index (κ2) is 6.45. The van der Waals surface area contributed by atoms with E-state index in [4.69, 9.17) is 9.57 Å². The fourth-order valence-electron chi connectivity index (χ4n) is 2.75. The van der Waals surface area contributed by atoms with Crippen LogP contribution in [0.3, 0.4) is 0 Å². The lowest BCUT2D eigenvalue weighted by molar-refractivity contribution is -0.174. The highest BCUT2D eigenvalue weighted by Gasteiger charge is 2.36. The zero-order chi connectivity index (χ0) is 15.5. The van der Waals surface area contributed by atoms with Gasteiger partial charge in [-0.25, -0.2) is 10.0 Å². The van der Waals surface area contributed by atoms with Crippen molar-refractivity contribution in [3.05, 3.63) is 18.2 Å². The van der Waals surface area contributed by atoms with E-state index >= 15 is 0 Å². The topological polar surface area (TPSA) is 76.9 Å². The third kappa shape index (κ3) is 2.84. The molecule has 3 rings (SSSR count). The molecule has 0 radical (unpaired) electrons. The normalized spacial score (nSPS) is 21.0. The van der Waals surface area contributed by atoms with E-state index in [-0.39, 0.29) is 18.4 Å². The molecule has 1 atom stereocenters. The maximum Gasteiger partial charge on any atom is 0.271 e. The minimum Gasteiger partial charge on any atom is -0.372 e. The average Bonchev–Trinajstić information content (AvgIpc) is 3.21. The first kappa shape index (κ1) is 15.0. The number of carbonyl (C=O) groups excluding carboxylic acids is 2. The van der Waals surface area contributed by atoms with Crippen LogP contribution in [0.15, 0.2) is 12.5 Å². The van der Waals surface area contributed by atoms with Gasteiger partial charge in [-0.1, -0.05) is 0 Å². The fourth-order valence-corrected chi connectivity index (χ4v) is 2.75. The molecule has 1 aromatic heterocycles. The van der Waals surface area contributed by atoms with Crippen molar-refractivity contribution in [3.8, 4) is 0 Å². The van der Waals surface area contributed by atoms with Gasteiger partial charge >= 0.3 is 0 Å². The number of imidazole rings is 1. The zero-order valence-corrected chi connectivity index (χ0v) is 12.6. The summed E-state index contributed by atoms with van der Waals surface area (Å²) in [5.74, 6) is -0.250. The molecule has 2 aliphatic rings. The summed E-state index contributed by atoms with van der Waals surface area (Å²) in [5, 5.41) is 1.39. The minimum absolute atomic E-state index is 0.0335. The number of carbonyl (C=O) groups is 2. The van der Waals surface area contributed by atoms with E-state index in [0.717, 1.165) is 12.1 Å². The van der Waals surface area contributed by atoms with Gasteiger partial charge in [0, 0.05) is 12.8 Å². The molecule has 1 fully saturated rings. The number of hydrogen-bond acceptors (Lipinski definition) is 5. The van der Waals surface area contributed by atoms with E-state index in [1.54, 1.807) is 17.4 Å². The highest BCUT2D eigenvalue weighted by Crippen LogP contribution is 2.24. The Kier molecular flexibility index (Phi) is 4.39. The smallest absolute Gasteiger partial charge is 0.271 e. The molecule has 8 heteroatoms. The highest BCUT2D eigenvalue weighted by molar-refractivity contribution is 5.82. The first-order valence-corrected chi connectivity index (χ1v) is 7.51. The largest absolute Gasteiger partial charge is 0.372 e. The van der Waals surface area contributed by atoms with Crippen LogP contribution in [-0.2, 0) is 25.7 Å². The Morgan fingerprint density at radius 2 is 2.36 bits per heavy atom. The standard InChI is InChI=1S/C14H20N4O4/c1-2-21-9-13(19)16-7-11-6-15-10-17(11)12(8-16)14(20)18-4-3-5-22-18/h6,10,12H,2-5,7-9H2,1H3/t12-/m0/s1. The summed E-state index contributed by atoms with van der Waals surface area (Å²) in [6.07, 6.45) is 4.16. The van der Waals surface area contributed by atoms with E-state index < -0.39 is 6.04 Å². The number of fused-ring (bicyclic) bond motifs is 1. The number of hydroxylamine groups is 2. The Morgan fingerprint density at radius 1 is 1.50 bits per heavy atom. The van der Waals surface area contributed by atoms with E-state index in [9.17, 15) is 9.59 Å². The van der Waals surface area contributed by atoms with Crippen molar-refractivity contribution in [1.82, 2.24) is 19.5 Å². The van der Waals surface area contributed by atoms with Gasteiger partial charge in [-0.05, 0) is 13.3 Å². The van der Waals surface area contributed by atoms with Crippen LogP contribution in [0.4, 0.5) is 0 Å². The number of rotatable bonds is 4. The van der Waals surface area contributed by atoms with Crippen molar-refractivity contribution >= 4 is 11.8 Å². The molecule has 0 N–H and O–H groups in total. The molecule has 0 aliphatic carbocycles. The highest BCUT2D eigenvalue weighted by atomic mass is 16.7. The second-order valence-electron chi connectivity index (χ2n) is 5.35. The maximum atomic E-state index is 12.6. The molecular weight excluding hydrogens is 288 g/mol. The summed E-state index contributed by atoms with van der Waals surface area (Å²) in [4.78, 5) is 35.9. The summed E-state index contributed by atoms with van der Waals surface area (Å²) >= 11 is 0. The lowest BCUT2D eigenvalue weighted by Crippen LogP contribution is -2.47. The lowest BCUT2D eigenvalue weighted by atomic mass is 10.1. The summed E-state index contributed by atoms with van der Waals surface area (Å²) in [5.41, 5.74) is 0.841. The Hall–Kier alpha value is -1.93. The summed E-state index contributed by atoms with van der Waals surface area (Å²) in [6, 6.07) is -0.491. The van der Waals surface area contributed by atoms with Crippen LogP contribution in [0, 0.1) is 0 Å². The Labute approximate surface area is 128 Å². The quantitative estimate of drug-likeness (QED) is 0.780. The van der Waals surface area contributed by atoms with Crippen LogP contribution < -0.4 is 0 Å². The van der Waals surface area contributed by atoms with Crippen molar-refractivity contribution in [2.75, 3.05) is 32.9 Å². The summed E-state index contributed by atoms with van der Waals surface area (Å²) in [6.45, 7) is 4.27. The van der Waals surface area contributed by atoms with Crippen molar-refractivity contribution in [3.63, 3.8) is 0 Å². The average molecular weight is 308 g/mol. The van der Waals surface area contributed by atoms with Gasteiger partial charge in [0.15, 0.2) is 0 Å². The molecule has 1 saturated heterocycles. The molecule has 2 amide bonds. The third-order valence-electron chi connectivity index (χ3n) is 3.89. The maximum absolute atomic E-state index is 12.6. The first-order chi connectivity index (χ1) is 10.7. The molecule has 0 saturated carbocycles. The molecule has 1 aromatic rings. The van der Waals surface area contributed by atoms with Crippen molar-refractivity contribution in [2.45, 2.75) is 25.9 Å². The van der Waals surface area contributed by atoms with Gasteiger partial charge in [0.05, 0.1) is 38.3 Å². The molecular formula is C14H20N4O4. The van der Waals surface area contributed by atoms with Crippen molar-refractivity contribution in [1.29, 1.82) is 0 Å². The van der Waals surface area contributed by atoms with Crippen molar-refractivity contribution < 1.29 is 19.2 Å². The van der Waals surface area contributed by atoms with Crippen LogP contribution >= 0.6 is 0 Å². The van der Waals surface area contributed by atoms with Crippen LogP contribution in [-0.4, -0.2) is 64.2 Å². The lowest BCUT2D eigenvalue weighted by Gasteiger charge is -2.34. The monoisotopic (exact) mass is 308 g/mol. The van der Waals surface area contributed by atoms with Crippen LogP contribution in [0.1, 0.15) is 25.1 Å². The van der Waals surface area contributed by atoms with E-state index in [1.807, 2.05) is 11.5 Å². The van der Waals surface area contributed by atoms with E-state index in [0.29, 0.717) is 32.8 Å². The van der Waals surface area contributed by atoms with Gasteiger partial charge in [0.2, 0.25) is 5.91 Å². The Morgan fingerprint density at radius 3 is 3.09 bits per heavy atom. The van der Waals surface area contributed by atoms with Gasteiger partial charge in [0.1, 0.15) is 12.6 Å². The first-order valence-electron chi connectivity index (χ1n) is 7.51. The molecule has 8 nitrogen and oxygen atoms in total. The SMILES string of the molecule is CCOCC(=O)N1Cc2cncn2[C@H](C(=O)N2CCCO2)C1. The van der Waals surface area contributed by atoms with Gasteiger partial charge in [-0.2, -0.15) is 0 Å². The number of amides is 2. The molecule has 0 unspecified atom stereocenters. The molecule has 2 aliphatic heterocycles. The van der Waals surface area contributed by atoms with Gasteiger partial charge in [0.25, 0.3) is 5.91 Å². The number of nitrogens with zero attached hydrogens (tertiary/aromatic N) is 4. The van der Waals surface area contributed by atoms with E-state index in [1.165, 1.54) is 5.06 Å². The van der Waals surface area contributed by atoms with Gasteiger partial charge < -0.3 is 14.2 Å². The van der Waals surface area contributed by atoms with Crippen LogP contribution in [0.5, 0.6) is 0 Å². The second-order valence-corrected chi connectivity index (χ2v) is 5.35. The van der Waals surface area contributed by atoms with Crippen LogP contribution in [0.2, 0.25) is 0 Å². The third-order valence-corrected chi connectivity index (χ3v) is 3.89. The van der Waals surface area contributed by atoms with Gasteiger partial charge in [-0.3, -0.25) is 14.4 Å². The number of ether oxygens (including phenoxy) is 1. The van der Waals surface area contributed by atoms with E-state index in [2.05, 4.69) is 4.98 Å². The molecule has 0 bridgehead atoms. The van der Waals surface area contributed by atoms with Gasteiger partial charge in [-0.15, -0.1) is 0 Å². The Bertz CT molecular complexity index is 553. The zero-order valence-electron chi connectivity index (χ0n) is 12.6. The predicted molar refractivity (Wildman–Crippen MR) is 75.5 cm³/mol. The predicted octanol–water partition coefficient (Wildman–Crippen LogP) is -0.0332. The molecule has 22 heavy (non-hydrogen) atoms. The molecule has 0 spiro atoms. The number of hydrogen-bond donors (Lipinski definition) is 0. The van der Waals surface area contributed by atoms with Crippen molar-refractivity contribution in [2.24, 2.45) is 0 Å². The summed E-state index contributed by atoms with van der Waals surface area (Å²) < 4.78 is 7.01. The fraction of sp³-hybridized carbons (Fsp3) is 0.643. The molecule has 3 heterocycles. The molecule has 120 valence electrons. The number of aromatic nitrogens is 2. The van der Waals surface area contributed by atoms with Crippen LogP contribution in [0.25, 0.3) is 0 Å². The minimum atomic E-state index is -0.491. The summed E-state index contributed by atoms with van der Waals surface area (Å²) in [7, 11) is 0.